The fourth-order valence-electron chi connectivity index (χ4n) is 8.74. The molecule has 2 saturated heterocycles. The smallest absolute Gasteiger partial charge is 0.323 e. The Kier molecular flexibility index (Phi) is 16.3. The van der Waals surface area contributed by atoms with Crippen molar-refractivity contribution in [3.8, 4) is 28.0 Å². The Morgan fingerprint density at radius 3 is 1.48 bits per heavy atom. The lowest BCUT2D eigenvalue weighted by Gasteiger charge is -2.26. The van der Waals surface area contributed by atoms with Gasteiger partial charge < -0.3 is 35.5 Å². The number of fused-ring (bicyclic) bond motifs is 2. The van der Waals surface area contributed by atoms with Gasteiger partial charge in [-0.1, -0.05) is 96.0 Å². The number of nitrogens with zero attached hydrogens (tertiary/aromatic N) is 5. The van der Waals surface area contributed by atoms with Crippen molar-refractivity contribution in [2.45, 2.75) is 13.1 Å². The molecule has 0 saturated carbocycles. The van der Waals surface area contributed by atoms with Crippen LogP contribution in [-0.2, 0) is 22.6 Å². The number of benzene rings is 6. The lowest BCUT2D eigenvalue weighted by atomic mass is 9.98. The summed E-state index contributed by atoms with van der Waals surface area (Å²) in [6.07, 6.45) is 3.79. The van der Waals surface area contributed by atoms with Crippen LogP contribution in [0.25, 0.3) is 43.8 Å². The third-order valence-corrected chi connectivity index (χ3v) is 12.9. The van der Waals surface area contributed by atoms with E-state index in [1.165, 1.54) is 18.2 Å². The van der Waals surface area contributed by atoms with Gasteiger partial charge in [-0.15, -0.1) is 0 Å². The van der Waals surface area contributed by atoms with Crippen molar-refractivity contribution in [2.24, 2.45) is 0 Å². The van der Waals surface area contributed by atoms with E-state index < -0.39 is 11.0 Å². The van der Waals surface area contributed by atoms with Gasteiger partial charge in [-0.3, -0.25) is 29.9 Å². The molecule has 8 aromatic rings. The number of urea groups is 2. The molecule has 0 bridgehead atoms. The lowest BCUT2D eigenvalue weighted by Crippen LogP contribution is -2.35. The zero-order valence-corrected chi connectivity index (χ0v) is 41.3. The Bertz CT molecular complexity index is 3260. The van der Waals surface area contributed by atoms with E-state index in [2.05, 4.69) is 60.3 Å². The molecule has 2 aliphatic rings. The maximum atomic E-state index is 12.8. The van der Waals surface area contributed by atoms with Crippen molar-refractivity contribution in [3.63, 3.8) is 0 Å². The fourth-order valence-corrected chi connectivity index (χ4v) is 9.08. The first-order chi connectivity index (χ1) is 35.6. The number of hydrogen-bond acceptors (Lipinski definition) is 11. The molecule has 2 fully saturated rings. The van der Waals surface area contributed by atoms with Crippen LogP contribution in [0.1, 0.15) is 11.4 Å². The summed E-state index contributed by atoms with van der Waals surface area (Å²) in [6.45, 7) is 8.32. The fraction of sp³-hybridized carbons (Fsp3) is 0.200. The molecule has 0 unspecified atom stereocenters. The van der Waals surface area contributed by atoms with Gasteiger partial charge >= 0.3 is 12.1 Å². The average molecular weight is 1020 g/mol. The molecular formula is C55H51Cl2N9O7. The van der Waals surface area contributed by atoms with Gasteiger partial charge in [0.05, 0.1) is 66.9 Å². The summed E-state index contributed by atoms with van der Waals surface area (Å²) in [7, 11) is 1.54. The first-order valence-electron chi connectivity index (χ1n) is 23.6. The highest BCUT2D eigenvalue weighted by molar-refractivity contribution is 6.31. The number of halogens is 2. The van der Waals surface area contributed by atoms with Gasteiger partial charge in [-0.05, 0) is 76.5 Å². The topological polar surface area (TPSA) is 185 Å². The normalized spacial score (nSPS) is 13.9. The second kappa shape index (κ2) is 23.7. The van der Waals surface area contributed by atoms with E-state index in [1.54, 1.807) is 25.3 Å². The van der Waals surface area contributed by atoms with Crippen LogP contribution >= 0.6 is 23.2 Å². The zero-order chi connectivity index (χ0) is 50.7. The number of nitro benzene ring substituents is 1. The van der Waals surface area contributed by atoms with Gasteiger partial charge in [0.2, 0.25) is 0 Å². The Balaban J connectivity index is 0.000000180. The number of pyridine rings is 2. The summed E-state index contributed by atoms with van der Waals surface area (Å²) in [4.78, 5) is 50.4. The number of carbonyl (C=O) groups is 2. The number of methoxy groups -OCH3 is 1. The SMILES string of the molecule is COc1ccc(Cl)cc1NC(=O)Nc1ccc(-c2ccc(CN3CCOCC3)nc2)c2ccccc12.O=C(Nc1ccc(Cl)cc1[N+](=O)[O-])Nc1ccc(-c2ccc(CN3CCOCC3)nc2)c2ccccc12. The summed E-state index contributed by atoms with van der Waals surface area (Å²) in [5.41, 5.74) is 7.60. The van der Waals surface area contributed by atoms with Crippen LogP contribution in [-0.4, -0.2) is 96.5 Å². The highest BCUT2D eigenvalue weighted by atomic mass is 35.5. The third-order valence-electron chi connectivity index (χ3n) is 12.4. The van der Waals surface area contributed by atoms with Crippen LogP contribution in [0.5, 0.6) is 5.75 Å². The number of rotatable bonds is 12. The predicted octanol–water partition coefficient (Wildman–Crippen LogP) is 12.0. The standard InChI is InChI=1S/C28H27ClN4O3.C27H24ClN5O4/c1-35-27-11-7-20(29)16-26(27)32-28(34)31-25-10-9-22(23-4-2-3-5-24(23)25)19-6-8-21(30-17-19)18-33-12-14-36-15-13-33;28-19-6-9-25(26(15-19)33(35)36)31-27(34)30-24-10-8-21(22-3-1-2-4-23(22)24)18-5-7-20(29-16-18)17-32-11-13-37-14-12-32/h2-11,16-17H,12-15,18H2,1H3,(H2,31,32,34);1-10,15-16H,11-14,17H2,(H2,30,31,34). The van der Waals surface area contributed by atoms with Crippen molar-refractivity contribution < 1.29 is 28.7 Å². The summed E-state index contributed by atoms with van der Waals surface area (Å²) in [5.74, 6) is 0.527. The Labute approximate surface area is 431 Å². The molecule has 6 aromatic carbocycles. The van der Waals surface area contributed by atoms with E-state index in [9.17, 15) is 19.7 Å². The van der Waals surface area contributed by atoms with Crippen molar-refractivity contribution in [2.75, 3.05) is 81.0 Å². The second-order valence-corrected chi connectivity index (χ2v) is 18.1. The van der Waals surface area contributed by atoms with Gasteiger partial charge in [0.1, 0.15) is 11.4 Å². The number of morpholine rings is 2. The Morgan fingerprint density at radius 1 is 0.575 bits per heavy atom. The van der Waals surface area contributed by atoms with Crippen molar-refractivity contribution >= 4 is 85.2 Å². The van der Waals surface area contributed by atoms with Crippen LogP contribution in [0.15, 0.2) is 146 Å². The quantitative estimate of drug-likeness (QED) is 0.0674. The molecule has 73 heavy (non-hydrogen) atoms. The van der Waals surface area contributed by atoms with Crippen LogP contribution in [0.3, 0.4) is 0 Å². The van der Waals surface area contributed by atoms with Crippen molar-refractivity contribution in [1.82, 2.24) is 19.8 Å². The zero-order valence-electron chi connectivity index (χ0n) is 39.8. The highest BCUT2D eigenvalue weighted by Crippen LogP contribution is 2.36. The molecule has 18 heteroatoms. The van der Waals surface area contributed by atoms with E-state index >= 15 is 0 Å². The summed E-state index contributed by atoms with van der Waals surface area (Å²) < 4.78 is 16.2. The average Bonchev–Trinajstić information content (AvgIpc) is 3.41. The first-order valence-corrected chi connectivity index (χ1v) is 24.3. The number of aromatic nitrogens is 2. The number of ether oxygens (including phenoxy) is 3. The highest BCUT2D eigenvalue weighted by Gasteiger charge is 2.19. The largest absolute Gasteiger partial charge is 0.495 e. The number of hydrogen-bond donors (Lipinski definition) is 4. The summed E-state index contributed by atoms with van der Waals surface area (Å²) in [6, 6.07) is 39.8. The molecule has 4 amide bonds. The molecule has 2 aromatic heterocycles. The van der Waals surface area contributed by atoms with Crippen LogP contribution in [0.4, 0.5) is 38.0 Å². The molecule has 0 spiro atoms. The summed E-state index contributed by atoms with van der Waals surface area (Å²) in [5, 5.41) is 26.9. The third kappa shape index (κ3) is 12.7. The van der Waals surface area contributed by atoms with Gasteiger partial charge in [-0.25, -0.2) is 9.59 Å². The molecule has 2 aliphatic heterocycles. The minimum Gasteiger partial charge on any atom is -0.495 e. The van der Waals surface area contributed by atoms with Gasteiger partial charge in [0.25, 0.3) is 5.69 Å². The molecule has 4 heterocycles. The first kappa shape index (κ1) is 50.2. The van der Waals surface area contributed by atoms with E-state index in [-0.39, 0.29) is 22.4 Å². The Morgan fingerprint density at radius 2 is 1.01 bits per heavy atom. The molecule has 0 radical (unpaired) electrons. The monoisotopic (exact) mass is 1020 g/mol. The van der Waals surface area contributed by atoms with E-state index in [1.807, 2.05) is 85.2 Å². The van der Waals surface area contributed by atoms with Crippen molar-refractivity contribution in [1.29, 1.82) is 0 Å². The molecule has 4 N–H and O–H groups in total. The van der Waals surface area contributed by atoms with Crippen LogP contribution in [0, 0.1) is 10.1 Å². The number of anilines is 4. The Hall–Kier alpha value is -7.70. The molecule has 10 rings (SSSR count). The number of nitro groups is 1. The van der Waals surface area contributed by atoms with E-state index in [4.69, 9.17) is 42.4 Å². The van der Waals surface area contributed by atoms with Crippen LogP contribution < -0.4 is 26.0 Å². The maximum absolute atomic E-state index is 12.8. The van der Waals surface area contributed by atoms with Gasteiger partial charge in [0.15, 0.2) is 0 Å². The number of nitrogens with one attached hydrogen (secondary N) is 4. The van der Waals surface area contributed by atoms with E-state index in [0.29, 0.717) is 27.8 Å². The number of carbonyl (C=O) groups excluding carboxylic acids is 2. The molecule has 0 aliphatic carbocycles. The van der Waals surface area contributed by atoms with Gasteiger partial charge in [0, 0.05) is 89.7 Å². The van der Waals surface area contributed by atoms with Crippen molar-refractivity contribution in [3.05, 3.63) is 177 Å². The predicted molar refractivity (Wildman–Crippen MR) is 288 cm³/mol. The molecular weight excluding hydrogens is 970 g/mol. The minimum absolute atomic E-state index is 0.0519. The maximum Gasteiger partial charge on any atom is 0.323 e. The molecule has 0 atom stereocenters. The second-order valence-electron chi connectivity index (χ2n) is 17.2. The van der Waals surface area contributed by atoms with Gasteiger partial charge in [-0.2, -0.15) is 0 Å². The van der Waals surface area contributed by atoms with Crippen LogP contribution in [0.2, 0.25) is 10.0 Å². The summed E-state index contributed by atoms with van der Waals surface area (Å²) >= 11 is 12.0. The van der Waals surface area contributed by atoms with E-state index in [0.717, 1.165) is 121 Å². The molecule has 16 nitrogen and oxygen atoms in total. The number of amides is 4. The lowest BCUT2D eigenvalue weighted by molar-refractivity contribution is -0.383. The molecule has 372 valence electrons. The minimum atomic E-state index is -0.600.